The van der Waals surface area contributed by atoms with Crippen LogP contribution in [0.25, 0.3) is 0 Å². The molecule has 4 heteroatoms. The Morgan fingerprint density at radius 3 is 2.37 bits per heavy atom. The number of nitrogens with zero attached hydrogens (tertiary/aromatic N) is 1. The van der Waals surface area contributed by atoms with Gasteiger partial charge in [0.2, 0.25) is 5.91 Å². The fraction of sp³-hybridized carbons (Fsp3) is 0.231. The molecule has 1 heterocycles. The smallest absolute Gasteiger partial charge is 0.258 e. The fourth-order valence-corrected chi connectivity index (χ4v) is 4.05. The van der Waals surface area contributed by atoms with E-state index in [0.29, 0.717) is 18.7 Å². The highest BCUT2D eigenvalue weighted by molar-refractivity contribution is 6.07. The van der Waals surface area contributed by atoms with Crippen LogP contribution < -0.4 is 10.2 Å². The van der Waals surface area contributed by atoms with E-state index in [2.05, 4.69) is 11.4 Å². The van der Waals surface area contributed by atoms with Crippen molar-refractivity contribution in [2.24, 2.45) is 0 Å². The van der Waals surface area contributed by atoms with Crippen molar-refractivity contribution < 1.29 is 9.59 Å². The first-order chi connectivity index (χ1) is 14.7. The Labute approximate surface area is 177 Å². The minimum atomic E-state index is -0.156. The van der Waals surface area contributed by atoms with Gasteiger partial charge in [-0.3, -0.25) is 9.59 Å². The molecule has 0 saturated heterocycles. The summed E-state index contributed by atoms with van der Waals surface area (Å²) >= 11 is 0. The number of fused-ring (bicyclic) bond motifs is 1. The summed E-state index contributed by atoms with van der Waals surface area (Å²) in [7, 11) is 0. The van der Waals surface area contributed by atoms with Crippen molar-refractivity contribution in [3.8, 4) is 0 Å². The zero-order valence-electron chi connectivity index (χ0n) is 17.2. The Morgan fingerprint density at radius 2 is 1.67 bits per heavy atom. The summed E-state index contributed by atoms with van der Waals surface area (Å²) in [6.07, 6.45) is 1.60. The van der Waals surface area contributed by atoms with E-state index in [0.717, 1.165) is 29.7 Å². The summed E-state index contributed by atoms with van der Waals surface area (Å²) in [6, 6.07) is 25.4. The molecule has 0 unspecified atom stereocenters. The number of amides is 2. The van der Waals surface area contributed by atoms with Crippen LogP contribution in [-0.4, -0.2) is 18.4 Å². The zero-order chi connectivity index (χ0) is 20.9. The van der Waals surface area contributed by atoms with Crippen LogP contribution in [0.2, 0.25) is 0 Å². The number of rotatable bonds is 6. The zero-order valence-corrected chi connectivity index (χ0v) is 17.2. The molecule has 4 rings (SSSR count). The first-order valence-electron chi connectivity index (χ1n) is 10.5. The number of hydrogen-bond acceptors (Lipinski definition) is 2. The topological polar surface area (TPSA) is 49.4 Å². The first-order valence-corrected chi connectivity index (χ1v) is 10.5. The molecule has 3 aromatic rings. The number of benzene rings is 3. The summed E-state index contributed by atoms with van der Waals surface area (Å²) in [5.41, 5.74) is 4.84. The maximum atomic E-state index is 12.9. The predicted octanol–water partition coefficient (Wildman–Crippen LogP) is 4.70. The molecule has 1 aliphatic rings. The van der Waals surface area contributed by atoms with E-state index in [1.165, 1.54) is 5.56 Å². The van der Waals surface area contributed by atoms with E-state index in [4.69, 9.17) is 0 Å². The van der Waals surface area contributed by atoms with Gasteiger partial charge < -0.3 is 10.2 Å². The minimum absolute atomic E-state index is 0.0191. The van der Waals surface area contributed by atoms with Crippen molar-refractivity contribution in [2.75, 3.05) is 11.4 Å². The van der Waals surface area contributed by atoms with Gasteiger partial charge in [-0.2, -0.15) is 0 Å². The van der Waals surface area contributed by atoms with Crippen molar-refractivity contribution in [3.63, 3.8) is 0 Å². The maximum Gasteiger partial charge on any atom is 0.258 e. The molecule has 0 saturated carbocycles. The van der Waals surface area contributed by atoms with E-state index in [-0.39, 0.29) is 17.7 Å². The number of hydrogen-bond donors (Lipinski definition) is 1. The second-order valence-electron chi connectivity index (χ2n) is 7.63. The number of carbonyl (C=O) groups is 2. The predicted molar refractivity (Wildman–Crippen MR) is 120 cm³/mol. The highest BCUT2D eigenvalue weighted by Gasteiger charge is 2.26. The molecule has 0 aromatic heterocycles. The molecule has 0 bridgehead atoms. The minimum Gasteiger partial charge on any atom is -0.351 e. The van der Waals surface area contributed by atoms with Crippen LogP contribution in [0.5, 0.6) is 0 Å². The highest BCUT2D eigenvalue weighted by atomic mass is 16.2. The summed E-state index contributed by atoms with van der Waals surface area (Å²) < 4.78 is 0. The summed E-state index contributed by atoms with van der Waals surface area (Å²) in [5, 5.41) is 3.07. The number of nitrogens with one attached hydrogen (secondary N) is 1. The molecule has 0 spiro atoms. The Balaban J connectivity index is 1.47. The molecule has 152 valence electrons. The normalized spacial score (nSPS) is 13.6. The lowest BCUT2D eigenvalue weighted by Crippen LogP contribution is -2.30. The quantitative estimate of drug-likeness (QED) is 0.654. The average Bonchev–Trinajstić information content (AvgIpc) is 3.22. The summed E-state index contributed by atoms with van der Waals surface area (Å²) in [5.74, 6) is -0.108. The van der Waals surface area contributed by atoms with Gasteiger partial charge in [0.05, 0.1) is 5.92 Å². The van der Waals surface area contributed by atoms with Gasteiger partial charge in [0.1, 0.15) is 0 Å². The van der Waals surface area contributed by atoms with Gasteiger partial charge in [-0.25, -0.2) is 0 Å². The van der Waals surface area contributed by atoms with E-state index in [9.17, 15) is 9.59 Å². The molecule has 1 N–H and O–H groups in total. The van der Waals surface area contributed by atoms with E-state index in [1.54, 1.807) is 0 Å². The molecule has 1 aliphatic heterocycles. The average molecular weight is 399 g/mol. The van der Waals surface area contributed by atoms with Crippen molar-refractivity contribution in [1.29, 1.82) is 0 Å². The number of anilines is 1. The Bertz CT molecular complexity index is 1030. The van der Waals surface area contributed by atoms with Gasteiger partial charge in [-0.1, -0.05) is 67.6 Å². The standard InChI is InChI=1S/C26H26N2O2/c1-2-23(20-9-5-3-6-10-20)25(29)27-18-19-13-14-21-15-16-28(24(21)17-19)26(30)22-11-7-4-8-12-22/h3-14,17,23H,2,15-16,18H2,1H3,(H,27,29)/t23-/m0/s1. The van der Waals surface area contributed by atoms with Crippen LogP contribution in [0.4, 0.5) is 5.69 Å². The molecule has 1 atom stereocenters. The maximum absolute atomic E-state index is 12.9. The molecule has 0 radical (unpaired) electrons. The van der Waals surface area contributed by atoms with Crippen LogP contribution in [-0.2, 0) is 17.8 Å². The van der Waals surface area contributed by atoms with Crippen LogP contribution in [0.1, 0.15) is 46.3 Å². The molecule has 2 amide bonds. The monoisotopic (exact) mass is 398 g/mol. The van der Waals surface area contributed by atoms with Crippen LogP contribution in [0.3, 0.4) is 0 Å². The molecule has 4 nitrogen and oxygen atoms in total. The van der Waals surface area contributed by atoms with Crippen molar-refractivity contribution in [1.82, 2.24) is 5.32 Å². The van der Waals surface area contributed by atoms with Crippen LogP contribution in [0.15, 0.2) is 78.9 Å². The lowest BCUT2D eigenvalue weighted by atomic mass is 9.95. The SMILES string of the molecule is CC[C@H](C(=O)NCc1ccc2c(c1)N(C(=O)c1ccccc1)CC2)c1ccccc1. The fourth-order valence-electron chi connectivity index (χ4n) is 4.05. The summed E-state index contributed by atoms with van der Waals surface area (Å²) in [6.45, 7) is 3.16. The Morgan fingerprint density at radius 1 is 0.967 bits per heavy atom. The Hall–Kier alpha value is -3.40. The van der Waals surface area contributed by atoms with E-state index < -0.39 is 0 Å². The lowest BCUT2D eigenvalue weighted by Gasteiger charge is -2.19. The summed E-state index contributed by atoms with van der Waals surface area (Å²) in [4.78, 5) is 27.5. The highest BCUT2D eigenvalue weighted by Crippen LogP contribution is 2.30. The van der Waals surface area contributed by atoms with E-state index in [1.807, 2.05) is 84.6 Å². The molecule has 30 heavy (non-hydrogen) atoms. The number of carbonyl (C=O) groups excluding carboxylic acids is 2. The molecule has 0 aliphatic carbocycles. The van der Waals surface area contributed by atoms with Crippen LogP contribution in [0, 0.1) is 0 Å². The second kappa shape index (κ2) is 8.95. The Kier molecular flexibility index (Phi) is 5.94. The van der Waals surface area contributed by atoms with Crippen molar-refractivity contribution in [3.05, 3.63) is 101 Å². The van der Waals surface area contributed by atoms with Gasteiger partial charge in [0.25, 0.3) is 5.91 Å². The van der Waals surface area contributed by atoms with Crippen LogP contribution >= 0.6 is 0 Å². The second-order valence-corrected chi connectivity index (χ2v) is 7.63. The third kappa shape index (κ3) is 4.13. The van der Waals surface area contributed by atoms with Gasteiger partial charge in [-0.05, 0) is 47.7 Å². The molecule has 0 fully saturated rings. The lowest BCUT2D eigenvalue weighted by molar-refractivity contribution is -0.122. The van der Waals surface area contributed by atoms with Crippen molar-refractivity contribution in [2.45, 2.75) is 32.2 Å². The largest absolute Gasteiger partial charge is 0.351 e. The van der Waals surface area contributed by atoms with Gasteiger partial charge in [-0.15, -0.1) is 0 Å². The van der Waals surface area contributed by atoms with Crippen molar-refractivity contribution >= 4 is 17.5 Å². The molecule has 3 aromatic carbocycles. The van der Waals surface area contributed by atoms with Gasteiger partial charge in [0.15, 0.2) is 0 Å². The third-order valence-electron chi connectivity index (χ3n) is 5.70. The third-order valence-corrected chi connectivity index (χ3v) is 5.70. The van der Waals surface area contributed by atoms with E-state index >= 15 is 0 Å². The molecular formula is C26H26N2O2. The first kappa shape index (κ1) is 19.9. The molecular weight excluding hydrogens is 372 g/mol. The van der Waals surface area contributed by atoms with Gasteiger partial charge in [0, 0.05) is 24.3 Å². The van der Waals surface area contributed by atoms with Gasteiger partial charge >= 0.3 is 0 Å².